The molecule has 1 saturated carbocycles. The van der Waals surface area contributed by atoms with E-state index in [1.807, 2.05) is 24.3 Å². The van der Waals surface area contributed by atoms with Gasteiger partial charge in [-0.3, -0.25) is 4.79 Å². The Kier molecular flexibility index (Phi) is 5.34. The number of carbonyl (C=O) groups is 1. The van der Waals surface area contributed by atoms with Gasteiger partial charge in [0, 0.05) is 24.5 Å². The molecule has 1 atom stereocenters. The minimum Gasteiger partial charge on any atom is -0.365 e. The summed E-state index contributed by atoms with van der Waals surface area (Å²) < 4.78 is 0. The zero-order valence-corrected chi connectivity index (χ0v) is 15.8. The molecule has 1 fully saturated rings. The molecule has 0 radical (unpaired) electrons. The molecule has 29 heavy (non-hydrogen) atoms. The molecule has 1 aliphatic carbocycles. The Bertz CT molecular complexity index is 985. The number of hydrogen-bond acceptors (Lipinski definition) is 8. The van der Waals surface area contributed by atoms with Crippen molar-refractivity contribution in [2.45, 2.75) is 25.3 Å². The molecule has 0 saturated heterocycles. The van der Waals surface area contributed by atoms with Crippen LogP contribution >= 0.6 is 0 Å². The number of amides is 1. The third-order valence-corrected chi connectivity index (χ3v) is 4.67. The number of nitrogens with zero attached hydrogens (tertiary/aromatic N) is 5. The maximum atomic E-state index is 11.8. The monoisotopic (exact) mass is 393 g/mol. The summed E-state index contributed by atoms with van der Waals surface area (Å²) in [5, 5.41) is 14.5. The average molecular weight is 393 g/mol. The van der Waals surface area contributed by atoms with Gasteiger partial charge in [-0.1, -0.05) is 18.9 Å². The van der Waals surface area contributed by atoms with Crippen LogP contribution in [0.1, 0.15) is 29.6 Å². The van der Waals surface area contributed by atoms with Crippen LogP contribution in [-0.2, 0) is 0 Å². The van der Waals surface area contributed by atoms with E-state index in [9.17, 15) is 4.79 Å². The van der Waals surface area contributed by atoms with Crippen molar-refractivity contribution >= 4 is 23.4 Å². The van der Waals surface area contributed by atoms with E-state index in [1.165, 1.54) is 23.8 Å². The van der Waals surface area contributed by atoms with E-state index in [-0.39, 0.29) is 11.6 Å². The summed E-state index contributed by atoms with van der Waals surface area (Å²) in [5.41, 5.74) is 13.3. The van der Waals surface area contributed by atoms with Gasteiger partial charge in [0.2, 0.25) is 5.95 Å². The van der Waals surface area contributed by atoms with Crippen LogP contribution in [0.15, 0.2) is 42.9 Å². The molecule has 2 aromatic heterocycles. The van der Waals surface area contributed by atoms with Gasteiger partial charge in [-0.2, -0.15) is 20.0 Å². The normalized spacial score (nSPS) is 14.4. The molecule has 1 amide bonds. The van der Waals surface area contributed by atoms with Gasteiger partial charge in [0.15, 0.2) is 0 Å². The third-order valence-electron chi connectivity index (χ3n) is 4.67. The molecule has 10 heteroatoms. The van der Waals surface area contributed by atoms with Gasteiger partial charge in [0.1, 0.15) is 11.4 Å². The molecule has 0 bridgehead atoms. The molecule has 2 heterocycles. The number of rotatable bonds is 9. The molecule has 1 aromatic carbocycles. The van der Waals surface area contributed by atoms with Crippen LogP contribution in [0.5, 0.6) is 0 Å². The molecular weight excluding hydrogens is 370 g/mol. The molecule has 6 N–H and O–H groups in total. The highest BCUT2D eigenvalue weighted by atomic mass is 16.1. The lowest BCUT2D eigenvalue weighted by molar-refractivity contribution is 0.100. The first-order valence-electron chi connectivity index (χ1n) is 9.48. The fourth-order valence-electron chi connectivity index (χ4n) is 3.02. The number of nitrogens with two attached hydrogens (primary N) is 2. The topological polar surface area (TPSA) is 150 Å². The molecular formula is C19H23N9O. The highest BCUT2D eigenvalue weighted by Crippen LogP contribution is 2.33. The number of primary amides is 1. The second-order valence-electron chi connectivity index (χ2n) is 7.13. The number of hydrogen-bond donors (Lipinski definition) is 4. The van der Waals surface area contributed by atoms with Crippen molar-refractivity contribution in [2.24, 2.45) is 17.4 Å². The second kappa shape index (κ2) is 8.23. The zero-order chi connectivity index (χ0) is 20.2. The predicted octanol–water partition coefficient (Wildman–Crippen LogP) is 1.44. The van der Waals surface area contributed by atoms with E-state index >= 15 is 0 Å². The number of nitrogens with one attached hydrogen (secondary N) is 2. The minimum absolute atomic E-state index is 0.0385. The Hall–Kier alpha value is -3.53. The Labute approximate surface area is 167 Å². The quantitative estimate of drug-likeness (QED) is 0.426. The van der Waals surface area contributed by atoms with E-state index in [0.29, 0.717) is 24.0 Å². The van der Waals surface area contributed by atoms with Crippen LogP contribution in [0.2, 0.25) is 0 Å². The smallest absolute Gasteiger partial charge is 0.254 e. The minimum atomic E-state index is -0.616. The molecule has 0 aliphatic heterocycles. The second-order valence-corrected chi connectivity index (χ2v) is 7.13. The lowest BCUT2D eigenvalue weighted by atomic mass is 10.1. The molecule has 10 nitrogen and oxygen atoms in total. The van der Waals surface area contributed by atoms with Gasteiger partial charge in [0.25, 0.3) is 5.91 Å². The van der Waals surface area contributed by atoms with Crippen molar-refractivity contribution in [1.29, 1.82) is 0 Å². The van der Waals surface area contributed by atoms with E-state index < -0.39 is 5.91 Å². The maximum Gasteiger partial charge on any atom is 0.254 e. The molecule has 4 rings (SSSR count). The van der Waals surface area contributed by atoms with Crippen LogP contribution in [-0.4, -0.2) is 43.5 Å². The Morgan fingerprint density at radius 3 is 2.79 bits per heavy atom. The summed E-state index contributed by atoms with van der Waals surface area (Å²) in [7, 11) is 0. The summed E-state index contributed by atoms with van der Waals surface area (Å²) in [5.74, 6) is 0.832. The summed E-state index contributed by atoms with van der Waals surface area (Å²) in [6.45, 7) is 0.562. The van der Waals surface area contributed by atoms with Gasteiger partial charge in [0.05, 0.1) is 18.1 Å². The first kappa shape index (κ1) is 18.8. The van der Waals surface area contributed by atoms with Crippen molar-refractivity contribution in [3.8, 4) is 5.69 Å². The molecule has 150 valence electrons. The van der Waals surface area contributed by atoms with Gasteiger partial charge < -0.3 is 22.1 Å². The van der Waals surface area contributed by atoms with E-state index in [1.54, 1.807) is 12.4 Å². The molecule has 1 unspecified atom stereocenters. The SMILES string of the molecule is NC(=O)c1cnc(NCC(N)CC2CC2)nc1Nc1cccc(-n2nccn2)c1. The number of anilines is 3. The first-order valence-corrected chi connectivity index (χ1v) is 9.48. The van der Waals surface area contributed by atoms with Crippen molar-refractivity contribution < 1.29 is 4.79 Å². The van der Waals surface area contributed by atoms with Gasteiger partial charge >= 0.3 is 0 Å². The van der Waals surface area contributed by atoms with Crippen LogP contribution < -0.4 is 22.1 Å². The Balaban J connectivity index is 1.51. The zero-order valence-electron chi connectivity index (χ0n) is 15.8. The summed E-state index contributed by atoms with van der Waals surface area (Å²) in [4.78, 5) is 21.9. The summed E-state index contributed by atoms with van der Waals surface area (Å²) >= 11 is 0. The number of carbonyl (C=O) groups excluding carboxylic acids is 1. The lowest BCUT2D eigenvalue weighted by Crippen LogP contribution is -2.30. The van der Waals surface area contributed by atoms with Crippen molar-refractivity contribution in [3.63, 3.8) is 0 Å². The lowest BCUT2D eigenvalue weighted by Gasteiger charge is -2.14. The van der Waals surface area contributed by atoms with Crippen LogP contribution in [0.25, 0.3) is 5.69 Å². The van der Waals surface area contributed by atoms with Gasteiger partial charge in [-0.05, 0) is 30.5 Å². The van der Waals surface area contributed by atoms with Crippen molar-refractivity contribution in [3.05, 3.63) is 48.4 Å². The number of aromatic nitrogens is 5. The van der Waals surface area contributed by atoms with Crippen LogP contribution in [0.3, 0.4) is 0 Å². The fourth-order valence-corrected chi connectivity index (χ4v) is 3.02. The fraction of sp³-hybridized carbons (Fsp3) is 0.316. The molecule has 1 aliphatic rings. The maximum absolute atomic E-state index is 11.8. The summed E-state index contributed by atoms with van der Waals surface area (Å²) in [6.07, 6.45) is 8.12. The van der Waals surface area contributed by atoms with Gasteiger partial charge in [-0.15, -0.1) is 0 Å². The summed E-state index contributed by atoms with van der Waals surface area (Å²) in [6, 6.07) is 7.44. The van der Waals surface area contributed by atoms with E-state index in [0.717, 1.165) is 18.0 Å². The van der Waals surface area contributed by atoms with Crippen molar-refractivity contribution in [2.75, 3.05) is 17.2 Å². The predicted molar refractivity (Wildman–Crippen MR) is 109 cm³/mol. The first-order chi connectivity index (χ1) is 14.1. The van der Waals surface area contributed by atoms with Crippen LogP contribution in [0, 0.1) is 5.92 Å². The molecule has 3 aromatic rings. The molecule has 0 spiro atoms. The Morgan fingerprint density at radius 2 is 2.07 bits per heavy atom. The average Bonchev–Trinajstić information content (AvgIpc) is 3.34. The standard InChI is InChI=1S/C19H23N9O/c20-13(8-12-4-5-12)10-22-19-23-11-16(17(21)29)18(27-19)26-14-2-1-3-15(9-14)28-24-6-7-25-28/h1-3,6-7,9,11-13H,4-5,8,10,20H2,(H2,21,29)(H2,22,23,26,27). The van der Waals surface area contributed by atoms with E-state index in [4.69, 9.17) is 11.5 Å². The Morgan fingerprint density at radius 1 is 1.28 bits per heavy atom. The van der Waals surface area contributed by atoms with Crippen molar-refractivity contribution in [1.82, 2.24) is 25.0 Å². The van der Waals surface area contributed by atoms with Crippen LogP contribution in [0.4, 0.5) is 17.5 Å². The third kappa shape index (κ3) is 4.85. The number of benzene rings is 1. The largest absolute Gasteiger partial charge is 0.365 e. The highest BCUT2D eigenvalue weighted by Gasteiger charge is 2.23. The van der Waals surface area contributed by atoms with E-state index in [2.05, 4.69) is 30.8 Å². The highest BCUT2D eigenvalue weighted by molar-refractivity contribution is 5.98. The van der Waals surface area contributed by atoms with Gasteiger partial charge in [-0.25, -0.2) is 4.98 Å².